The fraction of sp³-hybridized carbons (Fsp3) is 0.154. The number of nitrogens with zero attached hydrogens (tertiary/aromatic N) is 1. The van der Waals surface area contributed by atoms with E-state index in [1.54, 1.807) is 18.2 Å². The van der Waals surface area contributed by atoms with Crippen LogP contribution in [0.25, 0.3) is 0 Å². The number of non-ortho nitro benzene ring substituents is 1. The second-order valence-electron chi connectivity index (χ2n) is 3.86. The summed E-state index contributed by atoms with van der Waals surface area (Å²) in [6, 6.07) is 9.37. The number of nitro groups is 1. The van der Waals surface area contributed by atoms with Gasteiger partial charge in [-0.15, -0.1) is 0 Å². The molecule has 0 unspecified atom stereocenters. The summed E-state index contributed by atoms with van der Waals surface area (Å²) in [6.07, 6.45) is 0.453. The number of carbonyl (C=O) groups is 1. The van der Waals surface area contributed by atoms with Crippen LogP contribution in [-0.2, 0) is 11.2 Å². The Kier molecular flexibility index (Phi) is 3.61. The molecule has 0 aliphatic heterocycles. The number of esters is 1. The van der Waals surface area contributed by atoms with Crippen molar-refractivity contribution in [3.8, 4) is 0 Å². The van der Waals surface area contributed by atoms with Crippen LogP contribution in [0.3, 0.4) is 0 Å². The lowest BCUT2D eigenvalue weighted by Gasteiger charge is -1.98. The van der Waals surface area contributed by atoms with Crippen molar-refractivity contribution in [3.63, 3.8) is 0 Å². The monoisotopic (exact) mass is 261 g/mol. The van der Waals surface area contributed by atoms with Gasteiger partial charge >= 0.3 is 5.97 Å². The minimum atomic E-state index is -0.532. The number of nitro benzene ring substituents is 1. The molecule has 0 fully saturated rings. The Morgan fingerprint density at radius 2 is 1.95 bits per heavy atom. The first kappa shape index (κ1) is 12.8. The summed E-state index contributed by atoms with van der Waals surface area (Å²) >= 11 is 0. The Labute approximate surface area is 108 Å². The first-order chi connectivity index (χ1) is 9.10. The van der Waals surface area contributed by atoms with Gasteiger partial charge in [0.05, 0.1) is 12.0 Å². The summed E-state index contributed by atoms with van der Waals surface area (Å²) in [4.78, 5) is 21.3. The van der Waals surface area contributed by atoms with Gasteiger partial charge in [0, 0.05) is 18.6 Å². The van der Waals surface area contributed by atoms with Crippen LogP contribution in [0.4, 0.5) is 5.69 Å². The quantitative estimate of drug-likeness (QED) is 0.480. The van der Waals surface area contributed by atoms with Gasteiger partial charge in [0.15, 0.2) is 0 Å². The van der Waals surface area contributed by atoms with Gasteiger partial charge in [-0.1, -0.05) is 12.1 Å². The molecule has 19 heavy (non-hydrogen) atoms. The van der Waals surface area contributed by atoms with Crippen molar-refractivity contribution < 1.29 is 18.9 Å². The van der Waals surface area contributed by atoms with Gasteiger partial charge < -0.3 is 9.15 Å². The minimum Gasteiger partial charge on any atom is -0.463 e. The Balaban J connectivity index is 2.10. The van der Waals surface area contributed by atoms with E-state index < -0.39 is 10.9 Å². The molecule has 0 amide bonds. The molecule has 0 bridgehead atoms. The fourth-order valence-electron chi connectivity index (χ4n) is 1.62. The van der Waals surface area contributed by atoms with Gasteiger partial charge in [-0.2, -0.15) is 0 Å². The number of carbonyl (C=O) groups excluding carboxylic acids is 1. The number of hydrogen-bond donors (Lipinski definition) is 0. The molecule has 0 radical (unpaired) electrons. The van der Waals surface area contributed by atoms with Crippen molar-refractivity contribution in [3.05, 3.63) is 63.6 Å². The standard InChI is InChI=1S/C13H11NO5/c1-18-13(15)12-7-6-11(19-12)8-9-2-4-10(5-3-9)14(16)17/h2-7H,8H2,1H3. The molecular weight excluding hydrogens is 250 g/mol. The zero-order valence-corrected chi connectivity index (χ0v) is 10.2. The molecule has 0 spiro atoms. The third-order valence-electron chi connectivity index (χ3n) is 2.57. The summed E-state index contributed by atoms with van der Waals surface area (Å²) in [5.74, 6) is 0.198. The number of ether oxygens (including phenoxy) is 1. The van der Waals surface area contributed by atoms with Crippen molar-refractivity contribution >= 4 is 11.7 Å². The van der Waals surface area contributed by atoms with E-state index in [1.165, 1.54) is 25.3 Å². The van der Waals surface area contributed by atoms with Gasteiger partial charge in [-0.3, -0.25) is 10.1 Å². The van der Waals surface area contributed by atoms with Crippen molar-refractivity contribution in [1.29, 1.82) is 0 Å². The number of furan rings is 1. The molecule has 0 aliphatic carbocycles. The predicted molar refractivity (Wildman–Crippen MR) is 65.9 cm³/mol. The lowest BCUT2D eigenvalue weighted by molar-refractivity contribution is -0.384. The van der Waals surface area contributed by atoms with E-state index in [0.717, 1.165) is 5.56 Å². The van der Waals surface area contributed by atoms with Crippen LogP contribution in [-0.4, -0.2) is 18.0 Å². The van der Waals surface area contributed by atoms with Crippen LogP contribution in [0.5, 0.6) is 0 Å². The molecule has 1 aromatic heterocycles. The lowest BCUT2D eigenvalue weighted by Crippen LogP contribution is -1.98. The molecule has 98 valence electrons. The van der Waals surface area contributed by atoms with E-state index in [9.17, 15) is 14.9 Å². The Morgan fingerprint density at radius 1 is 1.26 bits per heavy atom. The highest BCUT2D eigenvalue weighted by molar-refractivity contribution is 5.86. The number of benzene rings is 1. The number of rotatable bonds is 4. The molecule has 1 aromatic carbocycles. The largest absolute Gasteiger partial charge is 0.463 e. The smallest absolute Gasteiger partial charge is 0.373 e. The average molecular weight is 261 g/mol. The molecule has 0 saturated carbocycles. The molecule has 0 atom stereocenters. The van der Waals surface area contributed by atoms with E-state index in [4.69, 9.17) is 4.42 Å². The van der Waals surface area contributed by atoms with E-state index in [1.807, 2.05) is 0 Å². The molecule has 0 aliphatic rings. The maximum absolute atomic E-state index is 11.2. The minimum absolute atomic E-state index is 0.0402. The van der Waals surface area contributed by atoms with Crippen LogP contribution in [0, 0.1) is 10.1 Å². The first-order valence-electron chi connectivity index (χ1n) is 5.50. The predicted octanol–water partition coefficient (Wildman–Crippen LogP) is 2.57. The van der Waals surface area contributed by atoms with Gasteiger partial charge in [0.1, 0.15) is 5.76 Å². The second-order valence-corrected chi connectivity index (χ2v) is 3.86. The number of hydrogen-bond acceptors (Lipinski definition) is 5. The molecular formula is C13H11NO5. The zero-order chi connectivity index (χ0) is 13.8. The molecule has 2 rings (SSSR count). The Hall–Kier alpha value is -2.63. The maximum atomic E-state index is 11.2. The van der Waals surface area contributed by atoms with Crippen LogP contribution in [0.15, 0.2) is 40.8 Å². The van der Waals surface area contributed by atoms with E-state index in [-0.39, 0.29) is 11.4 Å². The Morgan fingerprint density at radius 3 is 2.53 bits per heavy atom. The highest BCUT2D eigenvalue weighted by Crippen LogP contribution is 2.17. The molecule has 0 N–H and O–H groups in total. The SMILES string of the molecule is COC(=O)c1ccc(Cc2ccc([N+](=O)[O-])cc2)o1. The summed E-state index contributed by atoms with van der Waals surface area (Å²) in [5, 5.41) is 10.5. The normalized spacial score (nSPS) is 10.2. The van der Waals surface area contributed by atoms with Crippen molar-refractivity contribution in [2.45, 2.75) is 6.42 Å². The second kappa shape index (κ2) is 5.34. The lowest BCUT2D eigenvalue weighted by atomic mass is 10.1. The van der Waals surface area contributed by atoms with Crippen molar-refractivity contribution in [2.75, 3.05) is 7.11 Å². The molecule has 2 aromatic rings. The molecule has 1 heterocycles. The fourth-order valence-corrected chi connectivity index (χ4v) is 1.62. The highest BCUT2D eigenvalue weighted by Gasteiger charge is 2.11. The maximum Gasteiger partial charge on any atom is 0.373 e. The first-order valence-corrected chi connectivity index (χ1v) is 5.50. The zero-order valence-electron chi connectivity index (χ0n) is 10.2. The summed E-state index contributed by atoms with van der Waals surface area (Å²) in [6.45, 7) is 0. The van der Waals surface area contributed by atoms with E-state index in [0.29, 0.717) is 12.2 Å². The van der Waals surface area contributed by atoms with Crippen LogP contribution in [0.2, 0.25) is 0 Å². The van der Waals surface area contributed by atoms with E-state index >= 15 is 0 Å². The van der Waals surface area contributed by atoms with Gasteiger partial charge in [0.25, 0.3) is 5.69 Å². The summed E-state index contributed by atoms with van der Waals surface area (Å²) in [7, 11) is 1.28. The van der Waals surface area contributed by atoms with Crippen molar-refractivity contribution in [2.24, 2.45) is 0 Å². The third kappa shape index (κ3) is 2.98. The van der Waals surface area contributed by atoms with Gasteiger partial charge in [-0.05, 0) is 17.7 Å². The number of methoxy groups -OCH3 is 1. The van der Waals surface area contributed by atoms with Crippen LogP contribution < -0.4 is 0 Å². The Bertz CT molecular complexity index is 600. The summed E-state index contributed by atoms with van der Waals surface area (Å²) < 4.78 is 9.84. The van der Waals surface area contributed by atoms with Crippen LogP contribution >= 0.6 is 0 Å². The molecule has 6 nitrogen and oxygen atoms in total. The average Bonchev–Trinajstić information content (AvgIpc) is 2.87. The van der Waals surface area contributed by atoms with Crippen LogP contribution in [0.1, 0.15) is 21.9 Å². The van der Waals surface area contributed by atoms with Gasteiger partial charge in [-0.25, -0.2) is 4.79 Å². The van der Waals surface area contributed by atoms with Gasteiger partial charge in [0.2, 0.25) is 5.76 Å². The molecule has 0 saturated heterocycles. The summed E-state index contributed by atoms with van der Waals surface area (Å²) in [5.41, 5.74) is 0.898. The third-order valence-corrected chi connectivity index (χ3v) is 2.57. The highest BCUT2D eigenvalue weighted by atomic mass is 16.6. The van der Waals surface area contributed by atoms with E-state index in [2.05, 4.69) is 4.74 Å². The van der Waals surface area contributed by atoms with Crippen molar-refractivity contribution in [1.82, 2.24) is 0 Å². The molecule has 6 heteroatoms. The topological polar surface area (TPSA) is 82.6 Å².